The molecule has 0 aromatic rings. The van der Waals surface area contributed by atoms with Crippen LogP contribution < -0.4 is 5.32 Å². The van der Waals surface area contributed by atoms with Crippen LogP contribution >= 0.6 is 0 Å². The molecular formula is C10H21NO. The standard InChI is InChI=1S/C10H21NO/c1-8(2)9(3)12-10-4-6-11-7-5-10/h8-11H,4-7H2,1-3H3. The third-order valence-electron chi connectivity index (χ3n) is 2.63. The Morgan fingerprint density at radius 3 is 2.25 bits per heavy atom. The van der Waals surface area contributed by atoms with E-state index in [-0.39, 0.29) is 0 Å². The average Bonchev–Trinajstić information content (AvgIpc) is 2.06. The zero-order valence-corrected chi connectivity index (χ0v) is 8.47. The molecule has 0 bridgehead atoms. The van der Waals surface area contributed by atoms with Crippen molar-refractivity contribution in [3.63, 3.8) is 0 Å². The Morgan fingerprint density at radius 2 is 1.75 bits per heavy atom. The van der Waals surface area contributed by atoms with E-state index in [1.54, 1.807) is 0 Å². The predicted molar refractivity (Wildman–Crippen MR) is 51.3 cm³/mol. The number of nitrogens with one attached hydrogen (secondary N) is 1. The van der Waals surface area contributed by atoms with E-state index in [1.165, 1.54) is 12.8 Å². The van der Waals surface area contributed by atoms with Crippen molar-refractivity contribution in [3.05, 3.63) is 0 Å². The third-order valence-corrected chi connectivity index (χ3v) is 2.63. The van der Waals surface area contributed by atoms with Crippen molar-refractivity contribution in [2.75, 3.05) is 13.1 Å². The summed E-state index contributed by atoms with van der Waals surface area (Å²) in [7, 11) is 0. The molecule has 2 heteroatoms. The molecule has 1 unspecified atom stereocenters. The van der Waals surface area contributed by atoms with Gasteiger partial charge in [0.25, 0.3) is 0 Å². The smallest absolute Gasteiger partial charge is 0.0603 e. The zero-order valence-electron chi connectivity index (χ0n) is 8.47. The highest BCUT2D eigenvalue weighted by Gasteiger charge is 2.17. The van der Waals surface area contributed by atoms with Gasteiger partial charge in [0, 0.05) is 0 Å². The molecule has 0 aliphatic carbocycles. The molecule has 1 aliphatic heterocycles. The summed E-state index contributed by atoms with van der Waals surface area (Å²) in [6.45, 7) is 8.84. The van der Waals surface area contributed by atoms with E-state index in [0.29, 0.717) is 18.1 Å². The van der Waals surface area contributed by atoms with Gasteiger partial charge in [0.15, 0.2) is 0 Å². The Balaban J connectivity index is 2.20. The van der Waals surface area contributed by atoms with Gasteiger partial charge in [-0.3, -0.25) is 0 Å². The molecule has 0 spiro atoms. The van der Waals surface area contributed by atoms with Gasteiger partial charge >= 0.3 is 0 Å². The Labute approximate surface area is 75.7 Å². The summed E-state index contributed by atoms with van der Waals surface area (Å²) in [5.41, 5.74) is 0. The van der Waals surface area contributed by atoms with E-state index in [2.05, 4.69) is 26.1 Å². The van der Waals surface area contributed by atoms with Gasteiger partial charge in [0.05, 0.1) is 12.2 Å². The maximum Gasteiger partial charge on any atom is 0.0603 e. The Morgan fingerprint density at radius 1 is 1.17 bits per heavy atom. The van der Waals surface area contributed by atoms with E-state index >= 15 is 0 Å². The van der Waals surface area contributed by atoms with Crippen molar-refractivity contribution in [3.8, 4) is 0 Å². The molecule has 0 radical (unpaired) electrons. The van der Waals surface area contributed by atoms with Crippen LogP contribution in [0.2, 0.25) is 0 Å². The van der Waals surface area contributed by atoms with E-state index in [4.69, 9.17) is 4.74 Å². The molecule has 1 saturated heterocycles. The van der Waals surface area contributed by atoms with Crippen LogP contribution in [0.5, 0.6) is 0 Å². The van der Waals surface area contributed by atoms with Crippen LogP contribution in [0.15, 0.2) is 0 Å². The highest BCUT2D eigenvalue weighted by Crippen LogP contribution is 2.14. The molecule has 0 aromatic carbocycles. The Bertz CT molecular complexity index is 119. The molecule has 1 fully saturated rings. The normalized spacial score (nSPS) is 23.0. The first kappa shape index (κ1) is 10.0. The van der Waals surface area contributed by atoms with E-state index in [1.807, 2.05) is 0 Å². The fraction of sp³-hybridized carbons (Fsp3) is 1.00. The number of hydrogen-bond acceptors (Lipinski definition) is 2. The van der Waals surface area contributed by atoms with E-state index in [9.17, 15) is 0 Å². The second kappa shape index (κ2) is 4.83. The maximum absolute atomic E-state index is 5.91. The second-order valence-electron chi connectivity index (χ2n) is 4.03. The predicted octanol–water partition coefficient (Wildman–Crippen LogP) is 1.80. The van der Waals surface area contributed by atoms with Crippen molar-refractivity contribution in [1.82, 2.24) is 5.32 Å². The van der Waals surface area contributed by atoms with Crippen LogP contribution in [0.1, 0.15) is 33.6 Å². The third kappa shape index (κ3) is 3.11. The van der Waals surface area contributed by atoms with Crippen LogP contribution in [0.25, 0.3) is 0 Å². The van der Waals surface area contributed by atoms with E-state index < -0.39 is 0 Å². The van der Waals surface area contributed by atoms with Gasteiger partial charge in [0.2, 0.25) is 0 Å². The number of piperidine rings is 1. The molecule has 1 heterocycles. The molecule has 1 rings (SSSR count). The van der Waals surface area contributed by atoms with Gasteiger partial charge < -0.3 is 10.1 Å². The first-order chi connectivity index (χ1) is 5.70. The fourth-order valence-electron chi connectivity index (χ4n) is 1.39. The lowest BCUT2D eigenvalue weighted by atomic mass is 10.1. The summed E-state index contributed by atoms with van der Waals surface area (Å²) in [6.07, 6.45) is 3.27. The largest absolute Gasteiger partial charge is 0.375 e. The fourth-order valence-corrected chi connectivity index (χ4v) is 1.39. The van der Waals surface area contributed by atoms with Crippen molar-refractivity contribution in [2.45, 2.75) is 45.8 Å². The molecule has 1 N–H and O–H groups in total. The molecule has 0 saturated carbocycles. The highest BCUT2D eigenvalue weighted by atomic mass is 16.5. The molecule has 12 heavy (non-hydrogen) atoms. The lowest BCUT2D eigenvalue weighted by Gasteiger charge is -2.28. The number of rotatable bonds is 3. The molecule has 0 amide bonds. The summed E-state index contributed by atoms with van der Waals surface area (Å²) in [4.78, 5) is 0. The summed E-state index contributed by atoms with van der Waals surface area (Å²) < 4.78 is 5.91. The van der Waals surface area contributed by atoms with Gasteiger partial charge in [-0.1, -0.05) is 13.8 Å². The minimum Gasteiger partial charge on any atom is -0.375 e. The van der Waals surface area contributed by atoms with Gasteiger partial charge in [-0.25, -0.2) is 0 Å². The maximum atomic E-state index is 5.91. The number of hydrogen-bond donors (Lipinski definition) is 1. The average molecular weight is 171 g/mol. The van der Waals surface area contributed by atoms with Crippen molar-refractivity contribution in [1.29, 1.82) is 0 Å². The monoisotopic (exact) mass is 171 g/mol. The quantitative estimate of drug-likeness (QED) is 0.699. The summed E-state index contributed by atoms with van der Waals surface area (Å²) >= 11 is 0. The number of ether oxygens (including phenoxy) is 1. The molecule has 0 aromatic heterocycles. The molecule has 72 valence electrons. The summed E-state index contributed by atoms with van der Waals surface area (Å²) in [6, 6.07) is 0. The molecular weight excluding hydrogens is 150 g/mol. The van der Waals surface area contributed by atoms with Gasteiger partial charge in [0.1, 0.15) is 0 Å². The lowest BCUT2D eigenvalue weighted by molar-refractivity contribution is -0.0378. The first-order valence-corrected chi connectivity index (χ1v) is 5.06. The minimum atomic E-state index is 0.410. The van der Waals surface area contributed by atoms with Gasteiger partial charge in [-0.05, 0) is 38.8 Å². The SMILES string of the molecule is CC(C)C(C)OC1CCNCC1. The van der Waals surface area contributed by atoms with Crippen molar-refractivity contribution >= 4 is 0 Å². The van der Waals surface area contributed by atoms with Gasteiger partial charge in [-0.2, -0.15) is 0 Å². The Hall–Kier alpha value is -0.0800. The van der Waals surface area contributed by atoms with Crippen LogP contribution in [-0.2, 0) is 4.74 Å². The van der Waals surface area contributed by atoms with Crippen LogP contribution in [-0.4, -0.2) is 25.3 Å². The first-order valence-electron chi connectivity index (χ1n) is 5.06. The molecule has 1 aliphatic rings. The minimum absolute atomic E-state index is 0.410. The topological polar surface area (TPSA) is 21.3 Å². The van der Waals surface area contributed by atoms with Crippen LogP contribution in [0.4, 0.5) is 0 Å². The molecule has 2 nitrogen and oxygen atoms in total. The summed E-state index contributed by atoms with van der Waals surface area (Å²) in [5, 5.41) is 3.34. The van der Waals surface area contributed by atoms with Crippen LogP contribution in [0.3, 0.4) is 0 Å². The van der Waals surface area contributed by atoms with Gasteiger partial charge in [-0.15, -0.1) is 0 Å². The summed E-state index contributed by atoms with van der Waals surface area (Å²) in [5.74, 6) is 0.639. The second-order valence-corrected chi connectivity index (χ2v) is 4.03. The molecule has 1 atom stereocenters. The van der Waals surface area contributed by atoms with Crippen LogP contribution in [0, 0.1) is 5.92 Å². The van der Waals surface area contributed by atoms with Crippen molar-refractivity contribution in [2.24, 2.45) is 5.92 Å². The zero-order chi connectivity index (χ0) is 8.97. The lowest BCUT2D eigenvalue weighted by Crippen LogP contribution is -2.35. The van der Waals surface area contributed by atoms with E-state index in [0.717, 1.165) is 13.1 Å². The highest BCUT2D eigenvalue weighted by molar-refractivity contribution is 4.70. The van der Waals surface area contributed by atoms with Crippen molar-refractivity contribution < 1.29 is 4.74 Å². The Kier molecular flexibility index (Phi) is 4.02.